The normalized spacial score (nSPS) is 31.0. The van der Waals surface area contributed by atoms with Crippen LogP contribution in [0.25, 0.3) is 0 Å². The lowest BCUT2D eigenvalue weighted by atomic mass is 9.61. The Morgan fingerprint density at radius 2 is 2.00 bits per heavy atom. The summed E-state index contributed by atoms with van der Waals surface area (Å²) in [6, 6.07) is 4.31. The molecule has 3 atom stereocenters. The summed E-state index contributed by atoms with van der Waals surface area (Å²) >= 11 is 0. The molecule has 1 aromatic carbocycles. The van der Waals surface area contributed by atoms with Crippen LogP contribution in [0, 0.1) is 24.2 Å². The van der Waals surface area contributed by atoms with Gasteiger partial charge < -0.3 is 9.84 Å². The van der Waals surface area contributed by atoms with E-state index in [0.717, 1.165) is 24.2 Å². The fourth-order valence-corrected chi connectivity index (χ4v) is 4.76. The number of aliphatic hydroxyl groups is 1. The Morgan fingerprint density at radius 1 is 1.24 bits per heavy atom. The van der Waals surface area contributed by atoms with Crippen molar-refractivity contribution in [3.8, 4) is 5.75 Å². The molecular weight excluding hydrogens is 260 g/mol. The number of aliphatic hydroxyl groups excluding tert-OH is 1. The van der Waals surface area contributed by atoms with Crippen molar-refractivity contribution in [2.24, 2.45) is 17.3 Å². The van der Waals surface area contributed by atoms with Gasteiger partial charge in [0.25, 0.3) is 0 Å². The predicted octanol–water partition coefficient (Wildman–Crippen LogP) is 4.43. The van der Waals surface area contributed by atoms with Crippen LogP contribution in [0.3, 0.4) is 0 Å². The van der Waals surface area contributed by atoms with E-state index in [0.29, 0.717) is 17.3 Å². The molecule has 0 unspecified atom stereocenters. The van der Waals surface area contributed by atoms with Crippen LogP contribution in [-0.2, 0) is 6.42 Å². The molecule has 116 valence electrons. The molecule has 1 N–H and O–H groups in total. The van der Waals surface area contributed by atoms with Crippen molar-refractivity contribution in [3.63, 3.8) is 0 Å². The number of fused-ring (bicyclic) bond motifs is 2. The lowest BCUT2D eigenvalue weighted by molar-refractivity contribution is -0.0132. The van der Waals surface area contributed by atoms with Gasteiger partial charge >= 0.3 is 0 Å². The minimum Gasteiger partial charge on any atom is -0.496 e. The summed E-state index contributed by atoms with van der Waals surface area (Å²) in [7, 11) is 1.71. The second kappa shape index (κ2) is 5.31. The van der Waals surface area contributed by atoms with Gasteiger partial charge in [-0.05, 0) is 72.6 Å². The van der Waals surface area contributed by atoms with Gasteiger partial charge in [-0.25, -0.2) is 0 Å². The van der Waals surface area contributed by atoms with Gasteiger partial charge in [-0.1, -0.05) is 26.3 Å². The maximum atomic E-state index is 11.0. The molecule has 2 aliphatic carbocycles. The van der Waals surface area contributed by atoms with Gasteiger partial charge in [0, 0.05) is 0 Å². The molecule has 0 bridgehead atoms. The molecule has 1 fully saturated rings. The molecule has 0 saturated heterocycles. The number of methoxy groups -OCH3 is 1. The van der Waals surface area contributed by atoms with Gasteiger partial charge in [-0.15, -0.1) is 0 Å². The average Bonchev–Trinajstić information content (AvgIpc) is 2.57. The molecule has 0 aliphatic heterocycles. The van der Waals surface area contributed by atoms with Crippen molar-refractivity contribution >= 4 is 0 Å². The summed E-state index contributed by atoms with van der Waals surface area (Å²) in [5, 5.41) is 11.0. The summed E-state index contributed by atoms with van der Waals surface area (Å²) in [4.78, 5) is 0. The van der Waals surface area contributed by atoms with E-state index in [1.54, 1.807) is 7.11 Å². The molecule has 0 heterocycles. The molecule has 3 rings (SSSR count). The number of hydrogen-bond acceptors (Lipinski definition) is 2. The molecular formula is C19H28O2. The Hall–Kier alpha value is -1.02. The lowest BCUT2D eigenvalue weighted by Crippen LogP contribution is -2.37. The Bertz CT molecular complexity index is 533. The zero-order valence-electron chi connectivity index (χ0n) is 13.8. The third-order valence-corrected chi connectivity index (χ3v) is 5.98. The maximum Gasteiger partial charge on any atom is 0.122 e. The molecule has 1 saturated carbocycles. The van der Waals surface area contributed by atoms with Crippen LogP contribution in [0.1, 0.15) is 62.3 Å². The largest absolute Gasteiger partial charge is 0.496 e. The van der Waals surface area contributed by atoms with Crippen molar-refractivity contribution < 1.29 is 9.84 Å². The molecule has 2 nitrogen and oxygen atoms in total. The highest BCUT2D eigenvalue weighted by Gasteiger charge is 2.43. The van der Waals surface area contributed by atoms with E-state index in [1.807, 2.05) is 0 Å². The van der Waals surface area contributed by atoms with Crippen LogP contribution in [0.5, 0.6) is 5.75 Å². The first-order valence-electron chi connectivity index (χ1n) is 8.29. The predicted molar refractivity (Wildman–Crippen MR) is 85.6 cm³/mol. The van der Waals surface area contributed by atoms with Crippen LogP contribution >= 0.6 is 0 Å². The van der Waals surface area contributed by atoms with E-state index in [9.17, 15) is 5.11 Å². The Balaban J connectivity index is 2.03. The average molecular weight is 288 g/mol. The number of aryl methyl sites for hydroxylation is 2. The fraction of sp³-hybridized carbons (Fsp3) is 0.684. The summed E-state index contributed by atoms with van der Waals surface area (Å²) in [5.74, 6) is 1.93. The third kappa shape index (κ3) is 2.48. The standard InChI is InChI=1S/C19H28O2/c1-12-10-13-7-8-16-14(6-5-9-19(16,2)3)18(20)15(13)11-17(12)21-4/h10-11,14,16,18,20H,5-9H2,1-4H3/t14-,16+,18+/m0/s1. The van der Waals surface area contributed by atoms with Crippen LogP contribution in [-0.4, -0.2) is 12.2 Å². The Kier molecular flexibility index (Phi) is 3.77. The molecule has 2 heteroatoms. The summed E-state index contributed by atoms with van der Waals surface area (Å²) in [6.07, 6.45) is 5.64. The highest BCUT2D eigenvalue weighted by atomic mass is 16.5. The Morgan fingerprint density at radius 3 is 2.71 bits per heavy atom. The maximum absolute atomic E-state index is 11.0. The van der Waals surface area contributed by atoms with E-state index in [1.165, 1.54) is 30.4 Å². The van der Waals surface area contributed by atoms with Gasteiger partial charge in [-0.3, -0.25) is 0 Å². The highest BCUT2D eigenvalue weighted by molar-refractivity contribution is 5.44. The van der Waals surface area contributed by atoms with Crippen LogP contribution < -0.4 is 4.74 Å². The van der Waals surface area contributed by atoms with Crippen LogP contribution in [0.4, 0.5) is 0 Å². The quantitative estimate of drug-likeness (QED) is 0.828. The fourth-order valence-electron chi connectivity index (χ4n) is 4.76. The van der Waals surface area contributed by atoms with E-state index >= 15 is 0 Å². The number of ether oxygens (including phenoxy) is 1. The molecule has 21 heavy (non-hydrogen) atoms. The molecule has 0 spiro atoms. The van der Waals surface area contributed by atoms with Gasteiger partial charge in [0.1, 0.15) is 5.75 Å². The Labute approximate surface area is 128 Å². The zero-order chi connectivity index (χ0) is 15.2. The molecule has 0 radical (unpaired) electrons. The third-order valence-electron chi connectivity index (χ3n) is 5.98. The smallest absolute Gasteiger partial charge is 0.122 e. The van der Waals surface area contributed by atoms with Gasteiger partial charge in [0.2, 0.25) is 0 Å². The molecule has 1 aromatic rings. The first-order chi connectivity index (χ1) is 9.94. The minimum absolute atomic E-state index is 0.332. The van der Waals surface area contributed by atoms with E-state index < -0.39 is 0 Å². The van der Waals surface area contributed by atoms with E-state index in [4.69, 9.17) is 4.74 Å². The van der Waals surface area contributed by atoms with Crippen molar-refractivity contribution in [2.75, 3.05) is 7.11 Å². The van der Waals surface area contributed by atoms with Gasteiger partial charge in [0.05, 0.1) is 13.2 Å². The van der Waals surface area contributed by atoms with Crippen molar-refractivity contribution in [3.05, 3.63) is 28.8 Å². The highest BCUT2D eigenvalue weighted by Crippen LogP contribution is 2.52. The lowest BCUT2D eigenvalue weighted by Gasteiger charge is -2.45. The second-order valence-electron chi connectivity index (χ2n) is 7.66. The van der Waals surface area contributed by atoms with Crippen molar-refractivity contribution in [1.29, 1.82) is 0 Å². The van der Waals surface area contributed by atoms with E-state index in [2.05, 4.69) is 32.9 Å². The first kappa shape index (κ1) is 14.9. The van der Waals surface area contributed by atoms with Gasteiger partial charge in [-0.2, -0.15) is 0 Å². The number of rotatable bonds is 1. The molecule has 2 aliphatic rings. The number of hydrogen-bond donors (Lipinski definition) is 1. The summed E-state index contributed by atoms with van der Waals surface area (Å²) in [6.45, 7) is 6.87. The summed E-state index contributed by atoms with van der Waals surface area (Å²) in [5.41, 5.74) is 3.96. The zero-order valence-corrected chi connectivity index (χ0v) is 13.8. The minimum atomic E-state index is -0.332. The SMILES string of the molecule is COc1cc2c(cc1C)CC[C@@H]1[C@H](CCCC1(C)C)[C@H]2O. The van der Waals surface area contributed by atoms with Crippen molar-refractivity contribution in [1.82, 2.24) is 0 Å². The number of benzene rings is 1. The molecule has 0 amide bonds. The van der Waals surface area contributed by atoms with Crippen molar-refractivity contribution in [2.45, 2.75) is 59.0 Å². The summed E-state index contributed by atoms with van der Waals surface area (Å²) < 4.78 is 5.47. The monoisotopic (exact) mass is 288 g/mol. The topological polar surface area (TPSA) is 29.5 Å². The first-order valence-corrected chi connectivity index (χ1v) is 8.29. The molecule has 0 aromatic heterocycles. The second-order valence-corrected chi connectivity index (χ2v) is 7.66. The van der Waals surface area contributed by atoms with Crippen LogP contribution in [0.15, 0.2) is 12.1 Å². The van der Waals surface area contributed by atoms with E-state index in [-0.39, 0.29) is 6.10 Å². The van der Waals surface area contributed by atoms with Gasteiger partial charge in [0.15, 0.2) is 0 Å². The van der Waals surface area contributed by atoms with Crippen LogP contribution in [0.2, 0.25) is 0 Å².